The van der Waals surface area contributed by atoms with Crippen molar-refractivity contribution >= 4 is 67.4 Å². The molecule has 0 unspecified atom stereocenters. The van der Waals surface area contributed by atoms with Crippen LogP contribution in [-0.4, -0.2) is 21.8 Å². The Hall–Kier alpha value is -2.30. The number of rotatable bonds is 3. The van der Waals surface area contributed by atoms with E-state index in [2.05, 4.69) is 20.3 Å². The van der Waals surface area contributed by atoms with Crippen molar-refractivity contribution in [3.8, 4) is 0 Å². The molecule has 3 aromatic rings. The fourth-order valence-corrected chi connectivity index (χ4v) is 3.48. The molecule has 0 atom stereocenters. The summed E-state index contributed by atoms with van der Waals surface area (Å²) in [4.78, 5) is 24.2. The van der Waals surface area contributed by atoms with E-state index in [-0.39, 0.29) is 35.0 Å². The number of halogens is 2. The lowest BCUT2D eigenvalue weighted by atomic mass is 10.2. The second-order valence-electron chi connectivity index (χ2n) is 4.57. The van der Waals surface area contributed by atoms with Crippen molar-refractivity contribution < 1.29 is 9.18 Å². The third kappa shape index (κ3) is 3.61. The quantitative estimate of drug-likeness (QED) is 0.472. The molecule has 1 amide bonds. The highest BCUT2D eigenvalue weighted by Gasteiger charge is 2.15. The van der Waals surface area contributed by atoms with Crippen LogP contribution in [-0.2, 0) is 0 Å². The molecule has 2 aromatic heterocycles. The predicted octanol–water partition coefficient (Wildman–Crippen LogP) is 2.78. The molecule has 0 aliphatic carbocycles. The maximum Gasteiger partial charge on any atom is 0.276 e. The van der Waals surface area contributed by atoms with Gasteiger partial charge in [0.15, 0.2) is 11.1 Å². The molecule has 3 rings (SSSR count). The summed E-state index contributed by atoms with van der Waals surface area (Å²) in [5.41, 5.74) is 12.0. The van der Waals surface area contributed by atoms with E-state index in [1.54, 1.807) is 6.07 Å². The highest BCUT2D eigenvalue weighted by atomic mass is 35.5. The summed E-state index contributed by atoms with van der Waals surface area (Å²) in [5.74, 6) is -0.967. The van der Waals surface area contributed by atoms with E-state index in [1.807, 2.05) is 6.92 Å². The number of fused-ring (bicyclic) bond motifs is 1. The van der Waals surface area contributed by atoms with E-state index in [9.17, 15) is 9.18 Å². The number of anilines is 1. The molecule has 126 valence electrons. The van der Waals surface area contributed by atoms with Gasteiger partial charge in [0.1, 0.15) is 11.5 Å². The molecule has 11 heteroatoms. The molecule has 0 aliphatic rings. The minimum Gasteiger partial charge on any atom is -0.370 e. The van der Waals surface area contributed by atoms with E-state index in [1.165, 1.54) is 11.4 Å². The van der Waals surface area contributed by atoms with Crippen LogP contribution in [0.1, 0.15) is 16.1 Å². The molecule has 2 heterocycles. The van der Waals surface area contributed by atoms with Crippen molar-refractivity contribution in [3.63, 3.8) is 0 Å². The van der Waals surface area contributed by atoms with Crippen molar-refractivity contribution in [1.82, 2.24) is 9.97 Å². The minimum atomic E-state index is -0.463. The van der Waals surface area contributed by atoms with Crippen molar-refractivity contribution in [2.24, 2.45) is 16.5 Å². The van der Waals surface area contributed by atoms with Crippen LogP contribution in [0.5, 0.6) is 0 Å². The molecule has 0 radical (unpaired) electrons. The number of aliphatic imine (C=N–C) groups is 1. The highest BCUT2D eigenvalue weighted by molar-refractivity contribution is 7.22. The number of hydrogen-bond donors (Lipinski definition) is 3. The molecule has 1 aromatic carbocycles. The van der Waals surface area contributed by atoms with Crippen LogP contribution in [0.25, 0.3) is 10.2 Å². The molecule has 0 aliphatic heterocycles. The zero-order valence-electron chi connectivity index (χ0n) is 12.2. The monoisotopic (exact) mass is 386 g/mol. The fourth-order valence-electron chi connectivity index (χ4n) is 1.85. The number of amides is 1. The Kier molecular flexibility index (Phi) is 5.32. The van der Waals surface area contributed by atoms with Crippen LogP contribution < -0.4 is 16.8 Å². The second-order valence-corrected chi connectivity index (χ2v) is 6.40. The molecule has 24 heavy (non-hydrogen) atoms. The second kappa shape index (κ2) is 7.07. The Morgan fingerprint density at radius 1 is 1.33 bits per heavy atom. The van der Waals surface area contributed by atoms with Crippen LogP contribution in [0.4, 0.5) is 14.7 Å². The van der Waals surface area contributed by atoms with Gasteiger partial charge in [-0.15, -0.1) is 23.7 Å². The number of benzene rings is 1. The van der Waals surface area contributed by atoms with Crippen LogP contribution in [0, 0.1) is 12.7 Å². The number of carbonyl (C=O) groups is 1. The third-order valence-corrected chi connectivity index (χ3v) is 4.58. The Bertz CT molecular complexity index is 895. The number of nitrogens with two attached hydrogens (primary N) is 2. The number of hydrogen-bond acceptors (Lipinski definition) is 6. The molecular formula is C13H12ClFN6OS2. The number of aryl methyl sites for hydroxylation is 1. The van der Waals surface area contributed by atoms with E-state index >= 15 is 0 Å². The maximum atomic E-state index is 13.8. The zero-order valence-corrected chi connectivity index (χ0v) is 14.7. The zero-order chi connectivity index (χ0) is 16.6. The number of aromatic nitrogens is 2. The van der Waals surface area contributed by atoms with E-state index < -0.39 is 5.91 Å². The number of nitrogens with one attached hydrogen (secondary N) is 1. The largest absolute Gasteiger partial charge is 0.370 e. The van der Waals surface area contributed by atoms with Crippen LogP contribution in [0.2, 0.25) is 0 Å². The topological polar surface area (TPSA) is 119 Å². The number of thiazole rings is 2. The van der Waals surface area contributed by atoms with Crippen LogP contribution in [0.3, 0.4) is 0 Å². The molecule has 0 saturated heterocycles. The Morgan fingerprint density at radius 2 is 2.08 bits per heavy atom. The first-order chi connectivity index (χ1) is 10.9. The molecule has 0 bridgehead atoms. The van der Waals surface area contributed by atoms with Crippen molar-refractivity contribution in [3.05, 3.63) is 34.6 Å². The summed E-state index contributed by atoms with van der Waals surface area (Å²) < 4.78 is 14.2. The molecule has 5 N–H and O–H groups in total. The predicted molar refractivity (Wildman–Crippen MR) is 97.1 cm³/mol. The van der Waals surface area contributed by atoms with Gasteiger partial charge in [0.2, 0.25) is 5.13 Å². The first-order valence-electron chi connectivity index (χ1n) is 6.36. The summed E-state index contributed by atoms with van der Waals surface area (Å²) in [6.07, 6.45) is 0. The summed E-state index contributed by atoms with van der Waals surface area (Å²) in [6, 6.07) is 3.02. The summed E-state index contributed by atoms with van der Waals surface area (Å²) >= 11 is 2.20. The number of carbonyl (C=O) groups excluding carboxylic acids is 1. The highest BCUT2D eigenvalue weighted by Crippen LogP contribution is 2.30. The van der Waals surface area contributed by atoms with Crippen molar-refractivity contribution in [1.29, 1.82) is 0 Å². The summed E-state index contributed by atoms with van der Waals surface area (Å²) in [7, 11) is 0. The van der Waals surface area contributed by atoms with Crippen LogP contribution in [0.15, 0.2) is 22.5 Å². The summed E-state index contributed by atoms with van der Waals surface area (Å²) in [5, 5.41) is 4.71. The average Bonchev–Trinajstić information content (AvgIpc) is 3.10. The standard InChI is InChI=1S/C13H11FN6OS2.ClH/c1-5-2-3-6(14)9-8(5)18-13(23-9)19-10(21)7-4-22-12(17-7)20-11(15)16;/h2-4H,1H3,(H,18,19,21)(H4,15,16,17,20);1H. The van der Waals surface area contributed by atoms with E-state index in [0.29, 0.717) is 15.3 Å². The molecule has 0 spiro atoms. The normalized spacial score (nSPS) is 10.2. The minimum absolute atomic E-state index is 0. The molecule has 0 saturated carbocycles. The van der Waals surface area contributed by atoms with Crippen molar-refractivity contribution in [2.45, 2.75) is 6.92 Å². The average molecular weight is 387 g/mol. The Morgan fingerprint density at radius 3 is 2.75 bits per heavy atom. The third-order valence-electron chi connectivity index (χ3n) is 2.87. The Labute approximate surface area is 150 Å². The van der Waals surface area contributed by atoms with Gasteiger partial charge in [-0.1, -0.05) is 17.4 Å². The van der Waals surface area contributed by atoms with Gasteiger partial charge in [-0.2, -0.15) is 4.99 Å². The smallest absolute Gasteiger partial charge is 0.276 e. The summed E-state index contributed by atoms with van der Waals surface area (Å²) in [6.45, 7) is 1.83. The first kappa shape index (κ1) is 18.0. The lowest BCUT2D eigenvalue weighted by Crippen LogP contribution is -2.21. The van der Waals surface area contributed by atoms with E-state index in [0.717, 1.165) is 28.2 Å². The maximum absolute atomic E-state index is 13.8. The molecule has 7 nitrogen and oxygen atoms in total. The molecular weight excluding hydrogens is 375 g/mol. The first-order valence-corrected chi connectivity index (χ1v) is 8.06. The lowest BCUT2D eigenvalue weighted by molar-refractivity contribution is 0.102. The van der Waals surface area contributed by atoms with Gasteiger partial charge in [-0.3, -0.25) is 10.1 Å². The van der Waals surface area contributed by atoms with Gasteiger partial charge in [0, 0.05) is 5.38 Å². The number of guanidine groups is 1. The van der Waals surface area contributed by atoms with Crippen LogP contribution >= 0.6 is 35.1 Å². The van der Waals surface area contributed by atoms with E-state index in [4.69, 9.17) is 11.5 Å². The lowest BCUT2D eigenvalue weighted by Gasteiger charge is -1.96. The molecule has 0 fully saturated rings. The van der Waals surface area contributed by atoms with Gasteiger partial charge in [0.25, 0.3) is 5.91 Å². The SMILES string of the molecule is Cc1ccc(F)c2sc(NC(=O)c3csc(N=C(N)N)n3)nc12.Cl. The van der Waals surface area contributed by atoms with Gasteiger partial charge in [-0.25, -0.2) is 14.4 Å². The van der Waals surface area contributed by atoms with Gasteiger partial charge >= 0.3 is 0 Å². The van der Waals surface area contributed by atoms with Gasteiger partial charge in [0.05, 0.1) is 10.2 Å². The fraction of sp³-hybridized carbons (Fsp3) is 0.0769. The Balaban J connectivity index is 0.00000208. The van der Waals surface area contributed by atoms with Crippen molar-refractivity contribution in [2.75, 3.05) is 5.32 Å². The van der Waals surface area contributed by atoms with Gasteiger partial charge in [-0.05, 0) is 18.6 Å². The van der Waals surface area contributed by atoms with Gasteiger partial charge < -0.3 is 11.5 Å². The number of nitrogens with zero attached hydrogens (tertiary/aromatic N) is 3.